The van der Waals surface area contributed by atoms with Gasteiger partial charge in [-0.05, 0) is 48.4 Å². The molecule has 4 rings (SSSR count). The minimum absolute atomic E-state index is 0.263. The van der Waals surface area contributed by atoms with Crippen molar-refractivity contribution in [1.82, 2.24) is 14.9 Å². The maximum Gasteiger partial charge on any atom is 0.357 e. The molecule has 8 heteroatoms. The molecular weight excluding hydrogens is 465 g/mol. The van der Waals surface area contributed by atoms with Crippen LogP contribution in [0.25, 0.3) is 0 Å². The smallest absolute Gasteiger partial charge is 0.357 e. The predicted octanol–water partition coefficient (Wildman–Crippen LogP) is 5.64. The first-order chi connectivity index (χ1) is 17.1. The second kappa shape index (κ2) is 12.2. The van der Waals surface area contributed by atoms with Gasteiger partial charge in [0.25, 0.3) is 0 Å². The number of pyridine rings is 1. The zero-order chi connectivity index (χ0) is 24.5. The van der Waals surface area contributed by atoms with Crippen molar-refractivity contribution in [3.63, 3.8) is 0 Å². The van der Waals surface area contributed by atoms with Gasteiger partial charge in [0.05, 0.1) is 13.2 Å². The Labute approximate surface area is 208 Å². The molecule has 4 aromatic rings. The number of thiazole rings is 1. The van der Waals surface area contributed by atoms with Gasteiger partial charge in [-0.25, -0.2) is 14.2 Å². The average molecular weight is 492 g/mol. The van der Waals surface area contributed by atoms with Crippen LogP contribution in [-0.2, 0) is 31.0 Å². The van der Waals surface area contributed by atoms with E-state index in [4.69, 9.17) is 9.47 Å². The number of hydrogen-bond donors (Lipinski definition) is 0. The summed E-state index contributed by atoms with van der Waals surface area (Å²) in [6.07, 6.45) is 3.52. The molecule has 35 heavy (non-hydrogen) atoms. The van der Waals surface area contributed by atoms with E-state index >= 15 is 0 Å². The number of carbonyl (C=O) groups excluding carboxylic acids is 1. The maximum absolute atomic E-state index is 13.4. The Bertz CT molecular complexity index is 1210. The van der Waals surface area contributed by atoms with E-state index in [0.29, 0.717) is 38.5 Å². The Morgan fingerprint density at radius 1 is 0.971 bits per heavy atom. The van der Waals surface area contributed by atoms with Gasteiger partial charge in [-0.3, -0.25) is 9.88 Å². The maximum atomic E-state index is 13.4. The van der Waals surface area contributed by atoms with Crippen LogP contribution in [0.5, 0.6) is 5.75 Å². The molecule has 0 bridgehead atoms. The second-order valence-electron chi connectivity index (χ2n) is 7.91. The van der Waals surface area contributed by atoms with Gasteiger partial charge in [0.15, 0.2) is 5.69 Å². The number of hydrogen-bond acceptors (Lipinski definition) is 7. The summed E-state index contributed by atoms with van der Waals surface area (Å²) in [5.74, 6) is 0.102. The van der Waals surface area contributed by atoms with E-state index in [1.807, 2.05) is 36.4 Å². The summed E-state index contributed by atoms with van der Waals surface area (Å²) in [7, 11) is 0. The molecule has 0 N–H and O–H groups in total. The van der Waals surface area contributed by atoms with Crippen molar-refractivity contribution >= 4 is 17.3 Å². The highest BCUT2D eigenvalue weighted by Gasteiger charge is 2.15. The van der Waals surface area contributed by atoms with E-state index in [0.717, 1.165) is 27.4 Å². The zero-order valence-corrected chi connectivity index (χ0v) is 20.2. The first-order valence-corrected chi connectivity index (χ1v) is 12.2. The molecule has 2 aromatic heterocycles. The van der Waals surface area contributed by atoms with E-state index in [-0.39, 0.29) is 5.82 Å². The van der Waals surface area contributed by atoms with Crippen molar-refractivity contribution in [2.24, 2.45) is 0 Å². The number of halogens is 1. The molecule has 0 amide bonds. The molecule has 0 unspecified atom stereocenters. The third-order valence-electron chi connectivity index (χ3n) is 5.17. The van der Waals surface area contributed by atoms with Gasteiger partial charge in [-0.2, -0.15) is 0 Å². The average Bonchev–Trinajstić information content (AvgIpc) is 3.34. The minimum Gasteiger partial charge on any atom is -0.489 e. The van der Waals surface area contributed by atoms with Gasteiger partial charge in [0, 0.05) is 36.4 Å². The molecule has 0 aliphatic carbocycles. The van der Waals surface area contributed by atoms with Crippen LogP contribution in [0.1, 0.15) is 39.1 Å². The highest BCUT2D eigenvalue weighted by Crippen LogP contribution is 2.20. The topological polar surface area (TPSA) is 64.5 Å². The lowest BCUT2D eigenvalue weighted by Gasteiger charge is -2.22. The number of nitrogens with zero attached hydrogens (tertiary/aromatic N) is 3. The molecule has 2 aromatic carbocycles. The van der Waals surface area contributed by atoms with Gasteiger partial charge < -0.3 is 9.47 Å². The van der Waals surface area contributed by atoms with E-state index in [1.165, 1.54) is 23.5 Å². The molecule has 0 atom stereocenters. The summed E-state index contributed by atoms with van der Waals surface area (Å²) in [6.45, 7) is 4.33. The van der Waals surface area contributed by atoms with E-state index in [1.54, 1.807) is 36.8 Å². The third-order valence-corrected chi connectivity index (χ3v) is 6.01. The molecule has 0 aliphatic rings. The third kappa shape index (κ3) is 7.43. The Morgan fingerprint density at radius 3 is 2.34 bits per heavy atom. The van der Waals surface area contributed by atoms with Gasteiger partial charge in [0.1, 0.15) is 23.2 Å². The van der Waals surface area contributed by atoms with Gasteiger partial charge in [0.2, 0.25) is 0 Å². The summed E-state index contributed by atoms with van der Waals surface area (Å²) in [4.78, 5) is 22.7. The summed E-state index contributed by atoms with van der Waals surface area (Å²) in [5, 5.41) is 2.53. The molecule has 0 saturated heterocycles. The quantitative estimate of drug-likeness (QED) is 0.253. The molecule has 6 nitrogen and oxygen atoms in total. The number of carbonyl (C=O) groups is 1. The van der Waals surface area contributed by atoms with Crippen LogP contribution in [0, 0.1) is 5.82 Å². The molecule has 0 radical (unpaired) electrons. The minimum atomic E-state index is -0.415. The lowest BCUT2D eigenvalue weighted by molar-refractivity contribution is 0.0520. The van der Waals surface area contributed by atoms with Crippen molar-refractivity contribution in [1.29, 1.82) is 0 Å². The standard InChI is InChI=1S/C27H26FN3O3S/c1-2-33-27(32)25-19-35-26(30-25)17-31(15-20-5-9-23(28)10-6-20)16-21-7-11-24(12-8-21)34-18-22-4-3-13-29-14-22/h3-14,19H,2,15-18H2,1H3. The van der Waals surface area contributed by atoms with Crippen LogP contribution in [0.3, 0.4) is 0 Å². The monoisotopic (exact) mass is 491 g/mol. The molecule has 0 fully saturated rings. The fraction of sp³-hybridized carbons (Fsp3) is 0.222. The van der Waals surface area contributed by atoms with Gasteiger partial charge >= 0.3 is 5.97 Å². The summed E-state index contributed by atoms with van der Waals surface area (Å²) in [5.41, 5.74) is 3.42. The van der Waals surface area contributed by atoms with Crippen LogP contribution in [-0.4, -0.2) is 27.4 Å². The van der Waals surface area contributed by atoms with E-state index in [9.17, 15) is 9.18 Å². The predicted molar refractivity (Wildman–Crippen MR) is 132 cm³/mol. The normalized spacial score (nSPS) is 10.9. The first kappa shape index (κ1) is 24.5. The van der Waals surface area contributed by atoms with Crippen LogP contribution in [0.15, 0.2) is 78.4 Å². The lowest BCUT2D eigenvalue weighted by atomic mass is 10.1. The molecule has 0 aliphatic heterocycles. The summed E-state index contributed by atoms with van der Waals surface area (Å²) < 4.78 is 24.3. The molecule has 0 spiro atoms. The van der Waals surface area contributed by atoms with Crippen LogP contribution in [0.2, 0.25) is 0 Å². The number of ether oxygens (including phenoxy) is 2. The fourth-order valence-corrected chi connectivity index (χ4v) is 4.29. The molecule has 0 saturated carbocycles. The summed E-state index contributed by atoms with van der Waals surface area (Å²) >= 11 is 1.42. The lowest BCUT2D eigenvalue weighted by Crippen LogP contribution is -2.22. The van der Waals surface area contributed by atoms with Crippen LogP contribution >= 0.6 is 11.3 Å². The Morgan fingerprint density at radius 2 is 1.69 bits per heavy atom. The van der Waals surface area contributed by atoms with Gasteiger partial charge in [-0.1, -0.05) is 30.3 Å². The fourth-order valence-electron chi connectivity index (χ4n) is 3.49. The largest absolute Gasteiger partial charge is 0.489 e. The molecule has 2 heterocycles. The van der Waals surface area contributed by atoms with Crippen molar-refractivity contribution in [2.45, 2.75) is 33.2 Å². The van der Waals surface area contributed by atoms with Crippen LogP contribution < -0.4 is 4.74 Å². The number of rotatable bonds is 11. The number of esters is 1. The number of aromatic nitrogens is 2. The molecular formula is C27H26FN3O3S. The second-order valence-corrected chi connectivity index (χ2v) is 8.86. The van der Waals surface area contributed by atoms with E-state index in [2.05, 4.69) is 14.9 Å². The Balaban J connectivity index is 1.43. The van der Waals surface area contributed by atoms with Crippen molar-refractivity contribution in [2.75, 3.05) is 6.61 Å². The first-order valence-electron chi connectivity index (χ1n) is 11.3. The zero-order valence-electron chi connectivity index (χ0n) is 19.4. The molecule has 180 valence electrons. The Hall–Kier alpha value is -3.62. The van der Waals surface area contributed by atoms with Crippen LogP contribution in [0.4, 0.5) is 4.39 Å². The highest BCUT2D eigenvalue weighted by molar-refractivity contribution is 7.09. The van der Waals surface area contributed by atoms with Crippen molar-refractivity contribution in [3.8, 4) is 5.75 Å². The number of benzene rings is 2. The van der Waals surface area contributed by atoms with Crippen molar-refractivity contribution < 1.29 is 18.7 Å². The van der Waals surface area contributed by atoms with Gasteiger partial charge in [-0.15, -0.1) is 11.3 Å². The Kier molecular flexibility index (Phi) is 8.53. The SMILES string of the molecule is CCOC(=O)c1csc(CN(Cc2ccc(F)cc2)Cc2ccc(OCc3cccnc3)cc2)n1. The highest BCUT2D eigenvalue weighted by atomic mass is 32.1. The van der Waals surface area contributed by atoms with E-state index < -0.39 is 5.97 Å². The van der Waals surface area contributed by atoms with Crippen molar-refractivity contribution in [3.05, 3.63) is 112 Å². The summed E-state index contributed by atoms with van der Waals surface area (Å²) in [6, 6.07) is 18.3.